The molecule has 10 nitrogen and oxygen atoms in total. The summed E-state index contributed by atoms with van der Waals surface area (Å²) in [6.45, 7) is 2.25. The second-order valence-electron chi connectivity index (χ2n) is 6.14. The molecule has 2 aromatic heterocycles. The zero-order chi connectivity index (χ0) is 21.5. The van der Waals surface area contributed by atoms with Crippen LogP contribution in [-0.4, -0.2) is 50.9 Å². The highest BCUT2D eigenvalue weighted by molar-refractivity contribution is 9.10. The maximum Gasteiger partial charge on any atom is 0.316 e. The normalized spacial score (nSPS) is 11.7. The molecule has 1 atom stereocenters. The number of rotatable bonds is 9. The molecule has 0 saturated heterocycles. The standard InChI is InChI=1S/C18H18BrClN6O4/c1-11(29-14-4-2-3-12(19)7-14)16(27)21-5-6-22-17(28)18-24-15(25-30-18)10-26-9-13(20)8-23-26/h2-4,7-9,11H,5-6,10H2,1H3,(H,21,27)(H,22,28)/t11-/m0/s1. The number of carbonyl (C=O) groups is 2. The smallest absolute Gasteiger partial charge is 0.316 e. The SMILES string of the molecule is C[C@H](Oc1cccc(Br)c1)C(=O)NCCNC(=O)c1nc(Cn2cc(Cl)cn2)no1. The van der Waals surface area contributed by atoms with E-state index >= 15 is 0 Å². The van der Waals surface area contributed by atoms with Gasteiger partial charge in [0.05, 0.1) is 11.2 Å². The van der Waals surface area contributed by atoms with Crippen molar-refractivity contribution in [3.05, 3.63) is 57.9 Å². The number of aromatic nitrogens is 4. The van der Waals surface area contributed by atoms with E-state index in [0.717, 1.165) is 4.47 Å². The zero-order valence-electron chi connectivity index (χ0n) is 15.8. The van der Waals surface area contributed by atoms with Crippen LogP contribution in [0.25, 0.3) is 0 Å². The first-order chi connectivity index (χ1) is 14.4. The number of ether oxygens (including phenoxy) is 1. The van der Waals surface area contributed by atoms with Gasteiger partial charge in [0.1, 0.15) is 12.3 Å². The van der Waals surface area contributed by atoms with E-state index in [0.29, 0.717) is 10.8 Å². The van der Waals surface area contributed by atoms with Gasteiger partial charge in [-0.25, -0.2) is 0 Å². The highest BCUT2D eigenvalue weighted by Gasteiger charge is 2.17. The molecule has 0 aliphatic carbocycles. The molecule has 1 aromatic carbocycles. The van der Waals surface area contributed by atoms with E-state index in [4.69, 9.17) is 20.9 Å². The number of amides is 2. The van der Waals surface area contributed by atoms with Crippen molar-refractivity contribution in [2.75, 3.05) is 13.1 Å². The summed E-state index contributed by atoms with van der Waals surface area (Å²) in [5.74, 6) is -0.167. The molecule has 0 spiro atoms. The minimum Gasteiger partial charge on any atom is -0.481 e. The Morgan fingerprint density at radius 1 is 1.33 bits per heavy atom. The van der Waals surface area contributed by atoms with Crippen molar-refractivity contribution >= 4 is 39.3 Å². The van der Waals surface area contributed by atoms with Gasteiger partial charge >= 0.3 is 11.8 Å². The summed E-state index contributed by atoms with van der Waals surface area (Å²) in [4.78, 5) is 28.2. The van der Waals surface area contributed by atoms with Crippen molar-refractivity contribution in [1.82, 2.24) is 30.6 Å². The molecule has 12 heteroatoms. The summed E-state index contributed by atoms with van der Waals surface area (Å²) >= 11 is 9.13. The lowest BCUT2D eigenvalue weighted by atomic mass is 10.3. The van der Waals surface area contributed by atoms with E-state index < -0.39 is 12.0 Å². The number of benzene rings is 1. The molecule has 0 unspecified atom stereocenters. The number of nitrogens with one attached hydrogen (secondary N) is 2. The van der Waals surface area contributed by atoms with Crippen molar-refractivity contribution in [2.24, 2.45) is 0 Å². The molecule has 2 N–H and O–H groups in total. The minimum absolute atomic E-state index is 0.180. The van der Waals surface area contributed by atoms with E-state index in [1.807, 2.05) is 12.1 Å². The van der Waals surface area contributed by atoms with Gasteiger partial charge in [-0.3, -0.25) is 14.3 Å². The Labute approximate surface area is 185 Å². The Balaban J connectivity index is 1.38. The topological polar surface area (TPSA) is 124 Å². The lowest BCUT2D eigenvalue weighted by Crippen LogP contribution is -2.40. The monoisotopic (exact) mass is 496 g/mol. The minimum atomic E-state index is -0.690. The number of carbonyl (C=O) groups excluding carboxylic acids is 2. The summed E-state index contributed by atoms with van der Waals surface area (Å²) in [6.07, 6.45) is 2.39. The van der Waals surface area contributed by atoms with Gasteiger partial charge in [-0.05, 0) is 25.1 Å². The molecule has 0 fully saturated rings. The molecule has 3 rings (SSSR count). The Bertz CT molecular complexity index is 1020. The van der Waals surface area contributed by atoms with E-state index in [9.17, 15) is 9.59 Å². The maximum atomic E-state index is 12.1. The van der Waals surface area contributed by atoms with Crippen LogP contribution in [0.4, 0.5) is 0 Å². The van der Waals surface area contributed by atoms with Gasteiger partial charge < -0.3 is 19.9 Å². The van der Waals surface area contributed by atoms with Crippen LogP contribution in [0.3, 0.4) is 0 Å². The fourth-order valence-corrected chi connectivity index (χ4v) is 2.89. The van der Waals surface area contributed by atoms with Gasteiger partial charge in [0.15, 0.2) is 11.9 Å². The molecule has 30 heavy (non-hydrogen) atoms. The highest BCUT2D eigenvalue weighted by Crippen LogP contribution is 2.18. The highest BCUT2D eigenvalue weighted by atomic mass is 79.9. The van der Waals surface area contributed by atoms with Gasteiger partial charge in [0.25, 0.3) is 5.91 Å². The molecule has 0 bridgehead atoms. The van der Waals surface area contributed by atoms with Gasteiger partial charge in [-0.2, -0.15) is 10.1 Å². The number of hydrogen-bond acceptors (Lipinski definition) is 7. The van der Waals surface area contributed by atoms with E-state index in [1.54, 1.807) is 25.3 Å². The second kappa shape index (κ2) is 10.2. The largest absolute Gasteiger partial charge is 0.481 e. The van der Waals surface area contributed by atoms with Crippen LogP contribution < -0.4 is 15.4 Å². The average Bonchev–Trinajstić information content (AvgIpc) is 3.34. The summed E-state index contributed by atoms with van der Waals surface area (Å²) in [5, 5.41) is 13.5. The molecule has 0 aliphatic heterocycles. The summed E-state index contributed by atoms with van der Waals surface area (Å²) in [6, 6.07) is 7.20. The third-order valence-electron chi connectivity index (χ3n) is 3.76. The molecular formula is C18H18BrClN6O4. The summed E-state index contributed by atoms with van der Waals surface area (Å²) in [7, 11) is 0. The molecule has 0 radical (unpaired) electrons. The molecule has 158 valence electrons. The number of hydrogen-bond donors (Lipinski definition) is 2. The Hall–Kier alpha value is -2.92. The number of nitrogens with zero attached hydrogens (tertiary/aromatic N) is 4. The van der Waals surface area contributed by atoms with Crippen LogP contribution >= 0.6 is 27.5 Å². The van der Waals surface area contributed by atoms with Crippen LogP contribution in [0.2, 0.25) is 5.02 Å². The van der Waals surface area contributed by atoms with E-state index in [-0.39, 0.29) is 37.3 Å². The van der Waals surface area contributed by atoms with Crippen molar-refractivity contribution in [3.63, 3.8) is 0 Å². The van der Waals surface area contributed by atoms with Gasteiger partial charge in [-0.15, -0.1) is 0 Å². The second-order valence-corrected chi connectivity index (χ2v) is 7.49. The first-order valence-corrected chi connectivity index (χ1v) is 10.1. The average molecular weight is 498 g/mol. The zero-order valence-corrected chi connectivity index (χ0v) is 18.2. The number of halogens is 2. The molecule has 3 aromatic rings. The molecular weight excluding hydrogens is 480 g/mol. The Morgan fingerprint density at radius 2 is 2.13 bits per heavy atom. The lowest BCUT2D eigenvalue weighted by molar-refractivity contribution is -0.127. The van der Waals surface area contributed by atoms with Gasteiger partial charge in [-0.1, -0.05) is 38.8 Å². The quantitative estimate of drug-likeness (QED) is 0.434. The molecule has 2 heterocycles. The van der Waals surface area contributed by atoms with Crippen LogP contribution in [0, 0.1) is 0 Å². The predicted octanol–water partition coefficient (Wildman–Crippen LogP) is 2.04. The van der Waals surface area contributed by atoms with E-state index in [1.165, 1.54) is 10.9 Å². The fourth-order valence-electron chi connectivity index (χ4n) is 2.36. The Kier molecular flexibility index (Phi) is 7.41. The first kappa shape index (κ1) is 21.8. The summed E-state index contributed by atoms with van der Waals surface area (Å²) < 4.78 is 12.9. The van der Waals surface area contributed by atoms with Crippen molar-refractivity contribution in [3.8, 4) is 5.75 Å². The molecule has 2 amide bonds. The van der Waals surface area contributed by atoms with Gasteiger partial charge in [0, 0.05) is 23.8 Å². The van der Waals surface area contributed by atoms with Crippen molar-refractivity contribution in [2.45, 2.75) is 19.6 Å². The molecule has 0 aliphatic rings. The molecule has 0 saturated carbocycles. The van der Waals surface area contributed by atoms with Crippen molar-refractivity contribution < 1.29 is 18.8 Å². The Morgan fingerprint density at radius 3 is 2.87 bits per heavy atom. The van der Waals surface area contributed by atoms with Gasteiger partial charge in [0.2, 0.25) is 0 Å². The van der Waals surface area contributed by atoms with Crippen LogP contribution in [0.1, 0.15) is 23.4 Å². The van der Waals surface area contributed by atoms with Crippen LogP contribution in [0.15, 0.2) is 45.7 Å². The third-order valence-corrected chi connectivity index (χ3v) is 4.44. The first-order valence-electron chi connectivity index (χ1n) is 8.89. The van der Waals surface area contributed by atoms with Crippen LogP contribution in [-0.2, 0) is 11.3 Å². The maximum absolute atomic E-state index is 12.1. The lowest BCUT2D eigenvalue weighted by Gasteiger charge is -2.15. The van der Waals surface area contributed by atoms with Crippen molar-refractivity contribution in [1.29, 1.82) is 0 Å². The van der Waals surface area contributed by atoms with E-state index in [2.05, 4.69) is 41.8 Å². The summed E-state index contributed by atoms with van der Waals surface area (Å²) in [5.41, 5.74) is 0. The fraction of sp³-hybridized carbons (Fsp3) is 0.278. The predicted molar refractivity (Wildman–Crippen MR) is 110 cm³/mol. The third kappa shape index (κ3) is 6.29. The van der Waals surface area contributed by atoms with Crippen LogP contribution in [0.5, 0.6) is 5.75 Å².